The zero-order valence-corrected chi connectivity index (χ0v) is 49.4. The first-order valence-corrected chi connectivity index (χ1v) is 30.7. The highest BCUT2D eigenvalue weighted by Crippen LogP contribution is 2.70. The fourth-order valence-electron chi connectivity index (χ4n) is 16.7. The lowest BCUT2D eigenvalue weighted by molar-refractivity contribution is -0.395. The van der Waals surface area contributed by atoms with Crippen molar-refractivity contribution in [3.8, 4) is 0 Å². The third-order valence-electron chi connectivity index (χ3n) is 21.9. The lowest BCUT2D eigenvalue weighted by atomic mass is 9.47. The molecule has 27 heteroatoms. The van der Waals surface area contributed by atoms with Crippen LogP contribution in [0.25, 0.3) is 0 Å². The zero-order valence-electron chi connectivity index (χ0n) is 49.4. The summed E-state index contributed by atoms with van der Waals surface area (Å²) in [5.41, 5.74) is 1.05. The average Bonchev–Trinajstić information content (AvgIpc) is 1.81. The molecule has 490 valence electrons. The minimum absolute atomic E-state index is 0.0105. The largest absolute Gasteiger partial charge is 0.394 e. The second-order valence-electron chi connectivity index (χ2n) is 26.8. The van der Waals surface area contributed by atoms with Gasteiger partial charge in [-0.2, -0.15) is 0 Å². The van der Waals surface area contributed by atoms with Crippen LogP contribution in [0.5, 0.6) is 0 Å². The molecular weight excluding hydrogens is 1130 g/mol. The number of rotatable bonds is 18. The van der Waals surface area contributed by atoms with Gasteiger partial charge in [0.05, 0.1) is 50.8 Å². The number of fused-ring (bicyclic) bond motifs is 7. The molecule has 6 heterocycles. The average molecular weight is 1230 g/mol. The maximum Gasteiger partial charge on any atom is 0.187 e. The molecule has 3 saturated carbocycles. The topological polar surface area (TPSA) is 414 Å². The number of hydrogen-bond donors (Lipinski definition) is 15. The number of ether oxygens (including phenoxy) is 12. The van der Waals surface area contributed by atoms with Gasteiger partial charge in [-0.3, -0.25) is 0 Å². The van der Waals surface area contributed by atoms with Gasteiger partial charge in [-0.15, -0.1) is 0 Å². The van der Waals surface area contributed by atoms with Crippen LogP contribution in [0.3, 0.4) is 0 Å². The molecule has 10 aliphatic rings. The monoisotopic (exact) mass is 1220 g/mol. The van der Waals surface area contributed by atoms with E-state index in [-0.39, 0.29) is 41.3 Å². The summed E-state index contributed by atoms with van der Waals surface area (Å²) in [4.78, 5) is 0. The van der Waals surface area contributed by atoms with Gasteiger partial charge in [0.25, 0.3) is 0 Å². The Labute approximate surface area is 494 Å². The predicted molar refractivity (Wildman–Crippen MR) is 286 cm³/mol. The van der Waals surface area contributed by atoms with Crippen molar-refractivity contribution in [3.63, 3.8) is 0 Å². The van der Waals surface area contributed by atoms with Crippen LogP contribution in [0.15, 0.2) is 11.6 Å². The van der Waals surface area contributed by atoms with Crippen LogP contribution in [0.2, 0.25) is 0 Å². The zero-order chi connectivity index (χ0) is 61.5. The van der Waals surface area contributed by atoms with Crippen molar-refractivity contribution in [1.29, 1.82) is 0 Å². The molecule has 6 saturated heterocycles. The van der Waals surface area contributed by atoms with Gasteiger partial charge < -0.3 is 133 Å². The Hall–Kier alpha value is -1.34. The van der Waals surface area contributed by atoms with Crippen LogP contribution < -0.4 is 0 Å². The smallest absolute Gasteiger partial charge is 0.187 e. The molecule has 0 amide bonds. The molecule has 27 nitrogen and oxygen atoms in total. The summed E-state index contributed by atoms with van der Waals surface area (Å²) in [6.45, 7) is 9.92. The van der Waals surface area contributed by atoms with E-state index in [2.05, 4.69) is 26.8 Å². The number of aliphatic hydroxyl groups excluding tert-OH is 15. The van der Waals surface area contributed by atoms with E-state index in [1.165, 1.54) is 19.4 Å². The van der Waals surface area contributed by atoms with Crippen LogP contribution in [0.4, 0.5) is 0 Å². The highest BCUT2D eigenvalue weighted by Gasteiger charge is 2.69. The maximum atomic E-state index is 12.3. The number of aliphatic hydroxyl groups is 15. The Morgan fingerprint density at radius 3 is 1.69 bits per heavy atom. The lowest BCUT2D eigenvalue weighted by Gasteiger charge is -2.58. The normalized spacial score (nSPS) is 54.8. The first-order chi connectivity index (χ1) is 40.2. The van der Waals surface area contributed by atoms with Gasteiger partial charge in [0, 0.05) is 19.4 Å². The van der Waals surface area contributed by atoms with Crippen LogP contribution in [0, 0.1) is 46.3 Å². The van der Waals surface area contributed by atoms with E-state index in [1.807, 2.05) is 6.92 Å². The summed E-state index contributed by atoms with van der Waals surface area (Å²) < 4.78 is 73.3. The van der Waals surface area contributed by atoms with E-state index in [4.69, 9.17) is 56.8 Å². The molecule has 0 aromatic carbocycles. The van der Waals surface area contributed by atoms with E-state index in [9.17, 15) is 76.6 Å². The fourth-order valence-corrected chi connectivity index (χ4v) is 16.7. The SMILES string of the molecule is COC1(CC[C@@H](C)CO[C@@H]2O[C@H](CO)[C@@H](O)[C@H](O)[C@H]2O)O[C@H]2C[C@H]3[C@@H]4CC=C5C[C@@H](O[C@@H]6O[C@H](CO)[C@@H](O[C@@H]7O[C@H](CO)[C@@H](O[C@@H]8O[C@@H](C)[C@H](O)[C@@H](O)[C@H]8O)[C@H](O)[C@H]7O)[C@H](O)[C@H]6O[C@@H]6O[C@@H](C)[C@H](O)[C@@H](O)[C@H]6O)CC[C@]5(C)[C@H]4CC[C@]3(C)[C@H]2[C@@H]1C. The Kier molecular flexibility index (Phi) is 20.6. The number of allylic oxidation sites excluding steroid dienone is 1. The molecule has 85 heavy (non-hydrogen) atoms. The molecule has 0 spiro atoms. The highest BCUT2D eigenvalue weighted by atomic mass is 16.8. The third kappa shape index (κ3) is 12.1. The fraction of sp³-hybridized carbons (Fsp3) is 0.966. The van der Waals surface area contributed by atoms with Crippen molar-refractivity contribution < 1.29 is 133 Å². The predicted octanol–water partition coefficient (Wildman–Crippen LogP) is -3.50. The molecular formula is C58H96O27. The molecule has 9 fully saturated rings. The van der Waals surface area contributed by atoms with Crippen molar-refractivity contribution in [2.45, 2.75) is 271 Å². The van der Waals surface area contributed by atoms with Gasteiger partial charge in [-0.25, -0.2) is 0 Å². The van der Waals surface area contributed by atoms with Gasteiger partial charge >= 0.3 is 0 Å². The Morgan fingerprint density at radius 2 is 1.09 bits per heavy atom. The Balaban J connectivity index is 0.797. The summed E-state index contributed by atoms with van der Waals surface area (Å²) >= 11 is 0. The van der Waals surface area contributed by atoms with Crippen LogP contribution in [-0.4, -0.2) is 282 Å². The van der Waals surface area contributed by atoms with Crippen molar-refractivity contribution in [2.24, 2.45) is 46.3 Å². The second-order valence-corrected chi connectivity index (χ2v) is 26.8. The maximum absolute atomic E-state index is 12.3. The van der Waals surface area contributed by atoms with Gasteiger partial charge in [0.1, 0.15) is 110 Å². The van der Waals surface area contributed by atoms with Gasteiger partial charge in [-0.1, -0.05) is 39.3 Å². The number of methoxy groups -OCH3 is 1. The van der Waals surface area contributed by atoms with E-state index in [1.54, 1.807) is 7.11 Å². The summed E-state index contributed by atoms with van der Waals surface area (Å²) in [7, 11) is 1.70. The minimum atomic E-state index is -1.99. The minimum Gasteiger partial charge on any atom is -0.394 e. The van der Waals surface area contributed by atoms with Crippen molar-refractivity contribution >= 4 is 0 Å². The number of hydrogen-bond acceptors (Lipinski definition) is 27. The molecule has 4 aliphatic carbocycles. The van der Waals surface area contributed by atoms with E-state index in [0.717, 1.165) is 32.1 Å². The molecule has 10 rings (SSSR count). The quantitative estimate of drug-likeness (QED) is 0.0592. The summed E-state index contributed by atoms with van der Waals surface area (Å²) in [6.07, 6.45) is -30.2. The molecule has 15 N–H and O–H groups in total. The van der Waals surface area contributed by atoms with Gasteiger partial charge in [-0.05, 0) is 106 Å². The van der Waals surface area contributed by atoms with Crippen LogP contribution >= 0.6 is 0 Å². The second kappa shape index (κ2) is 26.3. The summed E-state index contributed by atoms with van der Waals surface area (Å²) in [5.74, 6) is 0.630. The van der Waals surface area contributed by atoms with Gasteiger partial charge in [0.2, 0.25) is 0 Å². The van der Waals surface area contributed by atoms with Crippen molar-refractivity contribution in [3.05, 3.63) is 11.6 Å². The molecule has 6 aliphatic heterocycles. The summed E-state index contributed by atoms with van der Waals surface area (Å²) in [5, 5.41) is 161. The Bertz CT molecular complexity index is 2240. The van der Waals surface area contributed by atoms with Crippen molar-refractivity contribution in [2.75, 3.05) is 33.5 Å². The molecule has 1 unspecified atom stereocenters. The lowest BCUT2D eigenvalue weighted by Crippen LogP contribution is -2.67. The Morgan fingerprint density at radius 1 is 0.565 bits per heavy atom. The molecule has 0 radical (unpaired) electrons. The molecule has 36 atom stereocenters. The first-order valence-electron chi connectivity index (χ1n) is 30.7. The van der Waals surface area contributed by atoms with Crippen LogP contribution in [0.1, 0.15) is 99.3 Å². The standard InChI is InChI=1S/C58H96O27/c1-22(21-75-51-43(69)41(67)38(64)32(18-59)79-51)10-15-58(74-7)23(2)35-31(85-58)17-30-28-9-8-26-16-27(11-13-56(26,5)29(28)12-14-57(30,35)6)78-55-50(84-53-45(71)40(66)37(63)25(4)77-53)47(73)49(34(20-61)81-55)83-54-46(72)42(68)48(33(19-60)80-54)82-52-44(70)39(65)36(62)24(3)76-52/h8,22-25,27-55,59-73H,9-21H2,1-7H3/t22-,23+,24+,25+,27+,28-,29+,30+,31+,32-,33-,34-,35+,36+,37+,38-,39-,40-,41+,42-,43-,44-,45-,46-,47+,48-,49-,50-,51-,52+,53+,54+,55-,56+,57+,58?/m1/s1. The first kappa shape index (κ1) is 66.6. The third-order valence-corrected chi connectivity index (χ3v) is 21.9. The van der Waals surface area contributed by atoms with E-state index in [0.29, 0.717) is 43.4 Å². The highest BCUT2D eigenvalue weighted by molar-refractivity contribution is 5.26. The van der Waals surface area contributed by atoms with Crippen LogP contribution in [-0.2, 0) is 56.8 Å². The molecule has 0 aromatic rings. The van der Waals surface area contributed by atoms with Crippen molar-refractivity contribution in [1.82, 2.24) is 0 Å². The van der Waals surface area contributed by atoms with E-state index >= 15 is 0 Å². The summed E-state index contributed by atoms with van der Waals surface area (Å²) in [6, 6.07) is 0. The van der Waals surface area contributed by atoms with E-state index < -0.39 is 185 Å². The molecule has 0 bridgehead atoms. The van der Waals surface area contributed by atoms with Gasteiger partial charge in [0.15, 0.2) is 37.2 Å². The molecule has 0 aromatic heterocycles.